The maximum Gasteiger partial charge on any atom is 0.251 e. The van der Waals surface area contributed by atoms with Crippen LogP contribution in [0.1, 0.15) is 21.7 Å². The summed E-state index contributed by atoms with van der Waals surface area (Å²) < 4.78 is 1.82. The molecule has 8 nitrogen and oxygen atoms in total. The average molecular weight is 465 g/mol. The number of nitrogens with one attached hydrogen (secondary N) is 1. The van der Waals surface area contributed by atoms with Crippen molar-refractivity contribution in [3.05, 3.63) is 71.5 Å². The standard InChI is InChI=1S/C24H28N6O2S/c1-18-7-6-8-19(15-18)23(32)25-16-21-26-27-24(28(21)2)33-17-22(31)30-13-11-29(12-14-30)20-9-4-3-5-10-20/h3-10,15H,11-14,16-17H2,1-2H3,(H,25,32). The van der Waals surface area contributed by atoms with Crippen molar-refractivity contribution in [2.75, 3.05) is 36.8 Å². The van der Waals surface area contributed by atoms with Crippen molar-refractivity contribution in [3.8, 4) is 0 Å². The molecule has 2 aromatic carbocycles. The number of amides is 2. The SMILES string of the molecule is Cc1cccc(C(=O)NCc2nnc(SCC(=O)N3CCN(c4ccccc4)CC3)n2C)c1. The van der Waals surface area contributed by atoms with Crippen molar-refractivity contribution in [3.63, 3.8) is 0 Å². The van der Waals surface area contributed by atoms with Gasteiger partial charge in [-0.1, -0.05) is 47.7 Å². The average Bonchev–Trinajstić information content (AvgIpc) is 3.20. The predicted octanol–water partition coefficient (Wildman–Crippen LogP) is 2.49. The van der Waals surface area contributed by atoms with E-state index in [2.05, 4.69) is 32.5 Å². The second-order valence-electron chi connectivity index (χ2n) is 8.00. The number of rotatable bonds is 7. The zero-order valence-corrected chi connectivity index (χ0v) is 19.7. The number of benzene rings is 2. The molecule has 2 amide bonds. The molecular formula is C24H28N6O2S. The Morgan fingerprint density at radius 3 is 2.48 bits per heavy atom. The highest BCUT2D eigenvalue weighted by Gasteiger charge is 2.22. The van der Waals surface area contributed by atoms with E-state index in [4.69, 9.17) is 0 Å². The molecule has 9 heteroatoms. The first-order chi connectivity index (χ1) is 16.0. The third-order valence-corrected chi connectivity index (χ3v) is 6.70. The molecule has 0 atom stereocenters. The Kier molecular flexibility index (Phi) is 7.29. The summed E-state index contributed by atoms with van der Waals surface area (Å²) in [4.78, 5) is 29.3. The van der Waals surface area contributed by atoms with Crippen molar-refractivity contribution in [2.24, 2.45) is 7.05 Å². The summed E-state index contributed by atoms with van der Waals surface area (Å²) in [6.07, 6.45) is 0. The molecule has 0 radical (unpaired) electrons. The van der Waals surface area contributed by atoms with Gasteiger partial charge in [0.05, 0.1) is 12.3 Å². The zero-order valence-electron chi connectivity index (χ0n) is 18.9. The number of carbonyl (C=O) groups excluding carboxylic acids is 2. The molecule has 1 saturated heterocycles. The lowest BCUT2D eigenvalue weighted by atomic mass is 10.1. The van der Waals surface area contributed by atoms with Crippen LogP contribution < -0.4 is 10.2 Å². The Hall–Kier alpha value is -3.33. The van der Waals surface area contributed by atoms with Crippen molar-refractivity contribution in [1.29, 1.82) is 0 Å². The van der Waals surface area contributed by atoms with Crippen LogP contribution in [0.2, 0.25) is 0 Å². The maximum atomic E-state index is 12.7. The van der Waals surface area contributed by atoms with Crippen LogP contribution in [0.4, 0.5) is 5.69 Å². The number of thioether (sulfide) groups is 1. The second-order valence-corrected chi connectivity index (χ2v) is 8.94. The number of carbonyl (C=O) groups is 2. The smallest absolute Gasteiger partial charge is 0.251 e. The molecule has 2 heterocycles. The first kappa shape index (κ1) is 22.8. The fourth-order valence-electron chi connectivity index (χ4n) is 3.74. The monoisotopic (exact) mass is 464 g/mol. The minimum atomic E-state index is -0.152. The van der Waals surface area contributed by atoms with E-state index in [1.807, 2.05) is 59.8 Å². The Labute approximate surface area is 198 Å². The van der Waals surface area contributed by atoms with Crippen molar-refractivity contribution >= 4 is 29.3 Å². The summed E-state index contributed by atoms with van der Waals surface area (Å²) >= 11 is 1.37. The fraction of sp³-hybridized carbons (Fsp3) is 0.333. The highest BCUT2D eigenvalue weighted by molar-refractivity contribution is 7.99. The first-order valence-corrected chi connectivity index (χ1v) is 11.9. The molecule has 172 valence electrons. The van der Waals surface area contributed by atoms with Crippen LogP contribution in [0.5, 0.6) is 0 Å². The van der Waals surface area contributed by atoms with Gasteiger partial charge in [-0.25, -0.2) is 0 Å². The quantitative estimate of drug-likeness (QED) is 0.541. The summed E-state index contributed by atoms with van der Waals surface area (Å²) in [5.41, 5.74) is 2.84. The van der Waals surface area contributed by atoms with Crippen LogP contribution >= 0.6 is 11.8 Å². The Balaban J connectivity index is 1.25. The first-order valence-electron chi connectivity index (χ1n) is 10.9. The number of hydrogen-bond donors (Lipinski definition) is 1. The van der Waals surface area contributed by atoms with E-state index in [-0.39, 0.29) is 18.4 Å². The van der Waals surface area contributed by atoms with Gasteiger partial charge in [0.15, 0.2) is 11.0 Å². The van der Waals surface area contributed by atoms with Gasteiger partial charge in [-0.15, -0.1) is 10.2 Å². The van der Waals surface area contributed by atoms with Gasteiger partial charge >= 0.3 is 0 Å². The van der Waals surface area contributed by atoms with E-state index < -0.39 is 0 Å². The van der Waals surface area contributed by atoms with Crippen LogP contribution in [-0.4, -0.2) is 63.4 Å². The molecular weight excluding hydrogens is 436 g/mol. The molecule has 4 rings (SSSR count). The molecule has 3 aromatic rings. The maximum absolute atomic E-state index is 12.7. The Morgan fingerprint density at radius 1 is 1.00 bits per heavy atom. The number of aromatic nitrogens is 3. The molecule has 0 unspecified atom stereocenters. The molecule has 0 spiro atoms. The molecule has 1 aliphatic heterocycles. The minimum Gasteiger partial charge on any atom is -0.368 e. The van der Waals surface area contributed by atoms with E-state index in [9.17, 15) is 9.59 Å². The van der Waals surface area contributed by atoms with Gasteiger partial charge in [-0.05, 0) is 31.2 Å². The highest BCUT2D eigenvalue weighted by atomic mass is 32.2. The summed E-state index contributed by atoms with van der Waals surface area (Å²) in [6.45, 7) is 5.30. The molecule has 1 N–H and O–H groups in total. The summed E-state index contributed by atoms with van der Waals surface area (Å²) in [6, 6.07) is 17.7. The van der Waals surface area contributed by atoms with E-state index in [1.165, 1.54) is 17.4 Å². The summed E-state index contributed by atoms with van der Waals surface area (Å²) in [7, 11) is 1.85. The third kappa shape index (κ3) is 5.73. The number of anilines is 1. The Morgan fingerprint density at radius 2 is 1.76 bits per heavy atom. The summed E-state index contributed by atoms with van der Waals surface area (Å²) in [5, 5.41) is 11.9. The molecule has 33 heavy (non-hydrogen) atoms. The van der Waals surface area contributed by atoms with Crippen LogP contribution in [0.3, 0.4) is 0 Å². The van der Waals surface area contributed by atoms with Crippen molar-refractivity contribution < 1.29 is 9.59 Å². The molecule has 0 saturated carbocycles. The van der Waals surface area contributed by atoms with Crippen LogP contribution in [0.25, 0.3) is 0 Å². The van der Waals surface area contributed by atoms with E-state index in [0.29, 0.717) is 35.4 Å². The van der Waals surface area contributed by atoms with Gasteiger partial charge in [0.2, 0.25) is 5.91 Å². The fourth-order valence-corrected chi connectivity index (χ4v) is 4.58. The number of aryl methyl sites for hydroxylation is 1. The topological polar surface area (TPSA) is 83.4 Å². The van der Waals surface area contributed by atoms with E-state index in [1.54, 1.807) is 6.07 Å². The van der Waals surface area contributed by atoms with E-state index >= 15 is 0 Å². The minimum absolute atomic E-state index is 0.102. The van der Waals surface area contributed by atoms with Gasteiger partial charge in [0, 0.05) is 44.5 Å². The molecule has 1 fully saturated rings. The third-order valence-electron chi connectivity index (χ3n) is 5.69. The predicted molar refractivity (Wildman–Crippen MR) is 129 cm³/mol. The highest BCUT2D eigenvalue weighted by Crippen LogP contribution is 2.19. The van der Waals surface area contributed by atoms with Crippen LogP contribution in [0.15, 0.2) is 59.8 Å². The molecule has 1 aliphatic rings. The molecule has 1 aromatic heterocycles. The number of nitrogens with zero attached hydrogens (tertiary/aromatic N) is 5. The lowest BCUT2D eigenvalue weighted by molar-refractivity contribution is -0.128. The largest absolute Gasteiger partial charge is 0.368 e. The molecule has 0 bridgehead atoms. The zero-order chi connectivity index (χ0) is 23.2. The molecule has 0 aliphatic carbocycles. The number of hydrogen-bond acceptors (Lipinski definition) is 6. The van der Waals surface area contributed by atoms with Crippen molar-refractivity contribution in [2.45, 2.75) is 18.6 Å². The number of para-hydroxylation sites is 1. The van der Waals surface area contributed by atoms with Gasteiger partial charge in [-0.3, -0.25) is 9.59 Å². The van der Waals surface area contributed by atoms with Gasteiger partial charge < -0.3 is 19.7 Å². The van der Waals surface area contributed by atoms with Gasteiger partial charge in [0.25, 0.3) is 5.91 Å². The van der Waals surface area contributed by atoms with E-state index in [0.717, 1.165) is 18.7 Å². The Bertz CT molecular complexity index is 1110. The lowest BCUT2D eigenvalue weighted by Crippen LogP contribution is -2.49. The van der Waals surface area contributed by atoms with Crippen LogP contribution in [0, 0.1) is 6.92 Å². The normalized spacial score (nSPS) is 13.8. The second kappa shape index (κ2) is 10.5. The van der Waals surface area contributed by atoms with Crippen molar-refractivity contribution in [1.82, 2.24) is 25.0 Å². The van der Waals surface area contributed by atoms with Crippen LogP contribution in [-0.2, 0) is 18.4 Å². The number of piperazine rings is 1. The van der Waals surface area contributed by atoms with Gasteiger partial charge in [0.1, 0.15) is 0 Å². The lowest BCUT2D eigenvalue weighted by Gasteiger charge is -2.36. The summed E-state index contributed by atoms with van der Waals surface area (Å²) in [5.74, 6) is 0.903. The van der Waals surface area contributed by atoms with Gasteiger partial charge in [-0.2, -0.15) is 0 Å².